The van der Waals surface area contributed by atoms with Gasteiger partial charge in [0.15, 0.2) is 0 Å². The van der Waals surface area contributed by atoms with Crippen LogP contribution in [0.5, 0.6) is 0 Å². The lowest BCUT2D eigenvalue weighted by atomic mass is 9.92. The van der Waals surface area contributed by atoms with E-state index < -0.39 is 0 Å². The third kappa shape index (κ3) is 5.76. The van der Waals surface area contributed by atoms with E-state index in [2.05, 4.69) is 62.2 Å². The fourth-order valence-electron chi connectivity index (χ4n) is 5.72. The second-order valence-corrected chi connectivity index (χ2v) is 9.97. The number of pyridine rings is 1. The normalized spacial score (nSPS) is 25.3. The molecule has 1 aromatic heterocycles. The number of benzene rings is 1. The molecule has 3 aliphatic rings. The van der Waals surface area contributed by atoms with Crippen LogP contribution in [0.4, 0.5) is 0 Å². The van der Waals surface area contributed by atoms with Crippen molar-refractivity contribution in [3.8, 4) is 0 Å². The Bertz CT molecular complexity index is 821. The van der Waals surface area contributed by atoms with Gasteiger partial charge in [0.1, 0.15) is 0 Å². The van der Waals surface area contributed by atoms with Crippen molar-refractivity contribution in [2.75, 3.05) is 26.2 Å². The van der Waals surface area contributed by atoms with Crippen molar-refractivity contribution in [3.63, 3.8) is 0 Å². The molecule has 3 atom stereocenters. The van der Waals surface area contributed by atoms with Gasteiger partial charge in [-0.25, -0.2) is 0 Å². The summed E-state index contributed by atoms with van der Waals surface area (Å²) in [6.07, 6.45) is 10.8. The third-order valence-corrected chi connectivity index (χ3v) is 7.46. The molecule has 172 valence electrons. The van der Waals surface area contributed by atoms with Gasteiger partial charge >= 0.3 is 0 Å². The van der Waals surface area contributed by atoms with Crippen molar-refractivity contribution in [2.45, 2.75) is 76.2 Å². The molecule has 2 aliphatic heterocycles. The number of nitrogens with zero attached hydrogens (tertiary/aromatic N) is 2. The summed E-state index contributed by atoms with van der Waals surface area (Å²) in [6.45, 7) is 6.64. The van der Waals surface area contributed by atoms with Crippen LogP contribution in [0.2, 0.25) is 0 Å². The summed E-state index contributed by atoms with van der Waals surface area (Å²) < 4.78 is 0. The number of fused-ring (bicyclic) bond motifs is 1. The Morgan fingerprint density at radius 1 is 0.875 bits per heavy atom. The monoisotopic (exact) mass is 433 g/mol. The maximum Gasteiger partial charge on any atom is 0.0605 e. The zero-order valence-corrected chi connectivity index (χ0v) is 19.4. The predicted molar refractivity (Wildman–Crippen MR) is 131 cm³/mol. The number of aromatic nitrogens is 1. The van der Waals surface area contributed by atoms with E-state index in [0.717, 1.165) is 26.2 Å². The summed E-state index contributed by atoms with van der Waals surface area (Å²) in [7, 11) is 0. The third-order valence-electron chi connectivity index (χ3n) is 7.46. The lowest BCUT2D eigenvalue weighted by molar-refractivity contribution is 0.221. The Balaban J connectivity index is 1.17. The van der Waals surface area contributed by atoms with Crippen molar-refractivity contribution in [1.29, 1.82) is 0 Å². The number of hydrogen-bond acceptors (Lipinski definition) is 5. The van der Waals surface area contributed by atoms with E-state index >= 15 is 0 Å². The molecule has 2 aromatic rings. The van der Waals surface area contributed by atoms with Crippen LogP contribution in [0.1, 0.15) is 67.0 Å². The van der Waals surface area contributed by atoms with E-state index in [1.165, 1.54) is 80.4 Å². The van der Waals surface area contributed by atoms with Crippen LogP contribution in [0, 0.1) is 0 Å². The van der Waals surface area contributed by atoms with Gasteiger partial charge < -0.3 is 16.0 Å². The Morgan fingerprint density at radius 2 is 1.59 bits per heavy atom. The smallest absolute Gasteiger partial charge is 0.0605 e. The van der Waals surface area contributed by atoms with Crippen LogP contribution in [0.3, 0.4) is 0 Å². The van der Waals surface area contributed by atoms with Crippen LogP contribution in [0.15, 0.2) is 42.6 Å². The van der Waals surface area contributed by atoms with Crippen LogP contribution in [-0.4, -0.2) is 48.1 Å². The van der Waals surface area contributed by atoms with Crippen LogP contribution in [0.25, 0.3) is 0 Å². The van der Waals surface area contributed by atoms with E-state index in [9.17, 15) is 0 Å². The molecule has 0 radical (unpaired) electrons. The van der Waals surface area contributed by atoms with Crippen molar-refractivity contribution < 1.29 is 0 Å². The van der Waals surface area contributed by atoms with Gasteiger partial charge in [-0.15, -0.1) is 0 Å². The first kappa shape index (κ1) is 22.0. The molecular formula is C27H39N5. The highest BCUT2D eigenvalue weighted by atomic mass is 15.2. The summed E-state index contributed by atoms with van der Waals surface area (Å²) in [6, 6.07) is 15.3. The number of hydrogen-bond donors (Lipinski definition) is 3. The average Bonchev–Trinajstić information content (AvgIpc) is 3.53. The van der Waals surface area contributed by atoms with Gasteiger partial charge in [-0.05, 0) is 80.8 Å². The number of rotatable bonds is 9. The summed E-state index contributed by atoms with van der Waals surface area (Å²) in [5.74, 6) is 0. The second kappa shape index (κ2) is 10.9. The second-order valence-electron chi connectivity index (χ2n) is 9.97. The lowest BCUT2D eigenvalue weighted by Gasteiger charge is -2.28. The highest BCUT2D eigenvalue weighted by molar-refractivity contribution is 5.26. The van der Waals surface area contributed by atoms with Crippen molar-refractivity contribution >= 4 is 0 Å². The zero-order valence-electron chi connectivity index (χ0n) is 19.4. The van der Waals surface area contributed by atoms with Crippen molar-refractivity contribution in [3.05, 3.63) is 65.0 Å². The molecule has 32 heavy (non-hydrogen) atoms. The summed E-state index contributed by atoms with van der Waals surface area (Å²) in [4.78, 5) is 7.34. The molecule has 1 aliphatic carbocycles. The molecular weight excluding hydrogens is 394 g/mol. The Kier molecular flexibility index (Phi) is 7.49. The highest BCUT2D eigenvalue weighted by Gasteiger charge is 2.23. The molecule has 0 amide bonds. The fraction of sp³-hybridized carbons (Fsp3) is 0.593. The van der Waals surface area contributed by atoms with Crippen LogP contribution < -0.4 is 16.0 Å². The standard InChI is InChI=1S/C27H39N5/c1-5-23-6-2-16-30-27(23)26(9-1)31-17-21-10-12-22(13-11-21)18-32(19-24-7-3-14-28-24)20-25-8-4-15-29-25/h2,6,10-13,16,24-26,28-29,31H,1,3-5,7-9,14-15,17-20H2. The highest BCUT2D eigenvalue weighted by Crippen LogP contribution is 2.28. The van der Waals surface area contributed by atoms with E-state index in [4.69, 9.17) is 0 Å². The molecule has 0 saturated carbocycles. The minimum atomic E-state index is 0.382. The quantitative estimate of drug-likeness (QED) is 0.565. The van der Waals surface area contributed by atoms with Gasteiger partial charge in [-0.1, -0.05) is 30.3 Å². The molecule has 3 heterocycles. The minimum absolute atomic E-state index is 0.382. The topological polar surface area (TPSA) is 52.2 Å². The first-order chi connectivity index (χ1) is 15.8. The molecule has 5 nitrogen and oxygen atoms in total. The SMILES string of the molecule is c1cnc2c(c1)CCCC2NCc1ccc(CN(CC2CCCN2)CC2CCCN2)cc1. The number of aryl methyl sites for hydroxylation is 1. The largest absolute Gasteiger partial charge is 0.313 e. The van der Waals surface area contributed by atoms with Crippen molar-refractivity contribution in [2.24, 2.45) is 0 Å². The molecule has 5 heteroatoms. The molecule has 3 unspecified atom stereocenters. The maximum atomic E-state index is 4.67. The molecule has 1 aromatic carbocycles. The van der Waals surface area contributed by atoms with Gasteiger partial charge in [0.25, 0.3) is 0 Å². The Morgan fingerprint density at radius 3 is 2.28 bits per heavy atom. The minimum Gasteiger partial charge on any atom is -0.313 e. The average molecular weight is 434 g/mol. The molecule has 2 saturated heterocycles. The summed E-state index contributed by atoms with van der Waals surface area (Å²) >= 11 is 0. The van der Waals surface area contributed by atoms with Gasteiger partial charge in [-0.3, -0.25) is 9.88 Å². The molecule has 5 rings (SSSR count). The van der Waals surface area contributed by atoms with E-state index in [-0.39, 0.29) is 0 Å². The Labute approximate surface area is 193 Å². The van der Waals surface area contributed by atoms with E-state index in [1.54, 1.807) is 0 Å². The molecule has 3 N–H and O–H groups in total. The van der Waals surface area contributed by atoms with Gasteiger partial charge in [0.05, 0.1) is 11.7 Å². The van der Waals surface area contributed by atoms with E-state index in [0.29, 0.717) is 18.1 Å². The zero-order chi connectivity index (χ0) is 21.6. The molecule has 0 spiro atoms. The van der Waals surface area contributed by atoms with Gasteiger partial charge in [0, 0.05) is 44.5 Å². The number of nitrogens with one attached hydrogen (secondary N) is 3. The maximum absolute atomic E-state index is 4.67. The first-order valence-electron chi connectivity index (χ1n) is 12.8. The van der Waals surface area contributed by atoms with E-state index in [1.807, 2.05) is 6.20 Å². The first-order valence-corrected chi connectivity index (χ1v) is 12.8. The van der Waals surface area contributed by atoms with Crippen LogP contribution in [-0.2, 0) is 19.5 Å². The summed E-state index contributed by atoms with van der Waals surface area (Å²) in [5, 5.41) is 11.1. The van der Waals surface area contributed by atoms with Gasteiger partial charge in [0.2, 0.25) is 0 Å². The molecule has 2 fully saturated rings. The lowest BCUT2D eigenvalue weighted by Crippen LogP contribution is -2.43. The molecule has 0 bridgehead atoms. The summed E-state index contributed by atoms with van der Waals surface area (Å²) in [5.41, 5.74) is 5.46. The fourth-order valence-corrected chi connectivity index (χ4v) is 5.72. The van der Waals surface area contributed by atoms with Crippen molar-refractivity contribution in [1.82, 2.24) is 25.8 Å². The van der Waals surface area contributed by atoms with Crippen LogP contribution >= 0.6 is 0 Å². The predicted octanol–water partition coefficient (Wildman–Crippen LogP) is 3.55. The van der Waals surface area contributed by atoms with Gasteiger partial charge in [-0.2, -0.15) is 0 Å². The Hall–Kier alpha value is -1.79.